The van der Waals surface area contributed by atoms with Crippen LogP contribution >= 0.6 is 0 Å². The number of carbonyl (C=O) groups excluding carboxylic acids is 1. The number of rotatable bonds is 8. The number of aliphatic imine (C=N–C) groups is 1. The van der Waals surface area contributed by atoms with E-state index in [0.717, 1.165) is 36.3 Å². The lowest BCUT2D eigenvalue weighted by Gasteiger charge is -2.34. The highest BCUT2D eigenvalue weighted by Gasteiger charge is 2.22. The largest absolute Gasteiger partial charge is 0.494 e. The lowest BCUT2D eigenvalue weighted by Crippen LogP contribution is -2.50. The summed E-state index contributed by atoms with van der Waals surface area (Å²) in [6.45, 7) is 6.75. The number of aromatic nitrogens is 2. The minimum atomic E-state index is 0.149. The molecule has 2 heterocycles. The van der Waals surface area contributed by atoms with Crippen molar-refractivity contribution in [3.63, 3.8) is 0 Å². The molecule has 0 saturated carbocycles. The fraction of sp³-hybridized carbons (Fsp3) is 0.478. The first-order chi connectivity index (χ1) is 15.6. The molecule has 1 aromatic carbocycles. The van der Waals surface area contributed by atoms with Gasteiger partial charge in [-0.1, -0.05) is 12.1 Å². The Kier molecular flexibility index (Phi) is 8.65. The molecule has 0 atom stereocenters. The van der Waals surface area contributed by atoms with Gasteiger partial charge in [-0.3, -0.25) is 9.79 Å². The Bertz CT molecular complexity index is 866. The molecule has 2 aromatic rings. The van der Waals surface area contributed by atoms with E-state index in [9.17, 15) is 4.79 Å². The second-order valence-electron chi connectivity index (χ2n) is 7.57. The minimum Gasteiger partial charge on any atom is -0.494 e. The first-order valence-corrected chi connectivity index (χ1v) is 11.0. The zero-order valence-electron chi connectivity index (χ0n) is 19.2. The standard InChI is InChI=1S/C23H33N7O2/c1-4-32-20-8-6-19(7-9-20)18-28(3)22(24-2)27-13-10-21(31)29-14-16-30(17-15-29)23-25-11-5-12-26-23/h5-9,11-12H,4,10,13-18H2,1-3H3,(H,24,27). The topological polar surface area (TPSA) is 86.2 Å². The van der Waals surface area contributed by atoms with Gasteiger partial charge in [0, 0.05) is 72.2 Å². The van der Waals surface area contributed by atoms with E-state index in [4.69, 9.17) is 4.74 Å². The van der Waals surface area contributed by atoms with E-state index in [0.29, 0.717) is 39.2 Å². The highest BCUT2D eigenvalue weighted by atomic mass is 16.5. The van der Waals surface area contributed by atoms with Crippen molar-refractivity contribution in [2.75, 3.05) is 58.3 Å². The van der Waals surface area contributed by atoms with E-state index in [1.54, 1.807) is 25.5 Å². The summed E-state index contributed by atoms with van der Waals surface area (Å²) in [5.74, 6) is 2.51. The highest BCUT2D eigenvalue weighted by Crippen LogP contribution is 2.13. The molecule has 1 fully saturated rings. The van der Waals surface area contributed by atoms with Crippen molar-refractivity contribution in [2.45, 2.75) is 19.9 Å². The number of amides is 1. The molecule has 9 nitrogen and oxygen atoms in total. The van der Waals surface area contributed by atoms with Crippen molar-refractivity contribution in [1.82, 2.24) is 25.1 Å². The molecule has 0 bridgehead atoms. The molecule has 3 rings (SSSR count). The van der Waals surface area contributed by atoms with Gasteiger partial charge in [0.2, 0.25) is 11.9 Å². The quantitative estimate of drug-likeness (QED) is 0.494. The van der Waals surface area contributed by atoms with Gasteiger partial charge in [-0.2, -0.15) is 0 Å². The molecule has 1 amide bonds. The highest BCUT2D eigenvalue weighted by molar-refractivity contribution is 5.81. The van der Waals surface area contributed by atoms with Gasteiger partial charge >= 0.3 is 0 Å². The van der Waals surface area contributed by atoms with E-state index in [-0.39, 0.29) is 5.91 Å². The Morgan fingerprint density at radius 3 is 2.47 bits per heavy atom. The number of carbonyl (C=O) groups is 1. The number of anilines is 1. The maximum atomic E-state index is 12.6. The van der Waals surface area contributed by atoms with Gasteiger partial charge < -0.3 is 24.8 Å². The van der Waals surface area contributed by atoms with Gasteiger partial charge in [0.25, 0.3) is 0 Å². The number of nitrogens with zero attached hydrogens (tertiary/aromatic N) is 6. The molecule has 1 saturated heterocycles. The van der Waals surface area contributed by atoms with Gasteiger partial charge in [0.05, 0.1) is 6.61 Å². The van der Waals surface area contributed by atoms with E-state index in [1.165, 1.54) is 0 Å². The lowest BCUT2D eigenvalue weighted by atomic mass is 10.2. The van der Waals surface area contributed by atoms with Crippen LogP contribution in [0.1, 0.15) is 18.9 Å². The summed E-state index contributed by atoms with van der Waals surface area (Å²) in [6, 6.07) is 9.87. The van der Waals surface area contributed by atoms with Crippen molar-refractivity contribution < 1.29 is 9.53 Å². The van der Waals surface area contributed by atoms with Crippen LogP contribution in [0.25, 0.3) is 0 Å². The maximum absolute atomic E-state index is 12.6. The van der Waals surface area contributed by atoms with Gasteiger partial charge in [-0.25, -0.2) is 9.97 Å². The molecule has 9 heteroatoms. The third kappa shape index (κ3) is 6.57. The number of benzene rings is 1. The second-order valence-corrected chi connectivity index (χ2v) is 7.57. The van der Waals surface area contributed by atoms with Crippen molar-refractivity contribution >= 4 is 17.8 Å². The summed E-state index contributed by atoms with van der Waals surface area (Å²) in [5, 5.41) is 3.30. The first-order valence-electron chi connectivity index (χ1n) is 11.0. The van der Waals surface area contributed by atoms with E-state index < -0.39 is 0 Å². The minimum absolute atomic E-state index is 0.149. The van der Waals surface area contributed by atoms with E-state index in [1.807, 2.05) is 35.9 Å². The van der Waals surface area contributed by atoms with E-state index >= 15 is 0 Å². The summed E-state index contributed by atoms with van der Waals surface area (Å²) < 4.78 is 5.49. The van der Waals surface area contributed by atoms with Gasteiger partial charge in [-0.05, 0) is 30.7 Å². The molecule has 1 aromatic heterocycles. The molecule has 0 radical (unpaired) electrons. The Morgan fingerprint density at radius 2 is 1.84 bits per heavy atom. The Labute approximate surface area is 190 Å². The van der Waals surface area contributed by atoms with Crippen molar-refractivity contribution in [3.05, 3.63) is 48.3 Å². The number of guanidine groups is 1. The molecule has 172 valence electrons. The normalized spacial score (nSPS) is 14.3. The average molecular weight is 440 g/mol. The summed E-state index contributed by atoms with van der Waals surface area (Å²) in [7, 11) is 3.74. The Hall–Kier alpha value is -3.36. The molecule has 32 heavy (non-hydrogen) atoms. The van der Waals surface area contributed by atoms with Crippen molar-refractivity contribution in [1.29, 1.82) is 0 Å². The van der Waals surface area contributed by atoms with Crippen molar-refractivity contribution in [2.24, 2.45) is 4.99 Å². The fourth-order valence-corrected chi connectivity index (χ4v) is 3.64. The van der Waals surface area contributed by atoms with Crippen LogP contribution in [0.2, 0.25) is 0 Å². The molecule has 1 aliphatic heterocycles. The number of nitrogens with one attached hydrogen (secondary N) is 1. The van der Waals surface area contributed by atoms with Crippen LogP contribution in [0.5, 0.6) is 5.75 Å². The fourth-order valence-electron chi connectivity index (χ4n) is 3.64. The number of ether oxygens (including phenoxy) is 1. The van der Waals surface area contributed by atoms with Crippen LogP contribution in [0.3, 0.4) is 0 Å². The summed E-state index contributed by atoms with van der Waals surface area (Å²) in [5.41, 5.74) is 1.16. The van der Waals surface area contributed by atoms with Gasteiger partial charge in [0.15, 0.2) is 5.96 Å². The smallest absolute Gasteiger partial charge is 0.225 e. The monoisotopic (exact) mass is 439 g/mol. The second kappa shape index (κ2) is 11.9. The molecule has 1 aliphatic rings. The van der Waals surface area contributed by atoms with Crippen LogP contribution in [0.15, 0.2) is 47.7 Å². The van der Waals surface area contributed by atoms with Crippen molar-refractivity contribution in [3.8, 4) is 5.75 Å². The Morgan fingerprint density at radius 1 is 1.16 bits per heavy atom. The third-order valence-electron chi connectivity index (χ3n) is 5.32. The van der Waals surface area contributed by atoms with Gasteiger partial charge in [0.1, 0.15) is 5.75 Å². The van der Waals surface area contributed by atoms with Crippen LogP contribution in [0.4, 0.5) is 5.95 Å². The van der Waals surface area contributed by atoms with Crippen LogP contribution in [0, 0.1) is 0 Å². The molecule has 0 aliphatic carbocycles. The number of piperazine rings is 1. The molecule has 0 spiro atoms. The number of hydrogen-bond donors (Lipinski definition) is 1. The molecular weight excluding hydrogens is 406 g/mol. The first kappa shape index (κ1) is 23.3. The molecule has 1 N–H and O–H groups in total. The molecule has 0 unspecified atom stereocenters. The summed E-state index contributed by atoms with van der Waals surface area (Å²) >= 11 is 0. The zero-order chi connectivity index (χ0) is 22.8. The van der Waals surface area contributed by atoms with Gasteiger partial charge in [-0.15, -0.1) is 0 Å². The maximum Gasteiger partial charge on any atom is 0.225 e. The summed E-state index contributed by atoms with van der Waals surface area (Å²) in [6.07, 6.45) is 3.91. The SMILES string of the molecule is CCOc1ccc(CN(C)C(=NC)NCCC(=O)N2CCN(c3ncccn3)CC2)cc1. The van der Waals surface area contributed by atoms with Crippen LogP contribution < -0.4 is 15.0 Å². The van der Waals surface area contributed by atoms with Crippen LogP contribution in [-0.2, 0) is 11.3 Å². The average Bonchev–Trinajstić information content (AvgIpc) is 2.83. The predicted octanol–water partition coefficient (Wildman–Crippen LogP) is 1.62. The number of hydrogen-bond acceptors (Lipinski definition) is 6. The lowest BCUT2D eigenvalue weighted by molar-refractivity contribution is -0.131. The van der Waals surface area contributed by atoms with Crippen LogP contribution in [-0.4, -0.2) is 85.1 Å². The predicted molar refractivity (Wildman–Crippen MR) is 126 cm³/mol. The summed E-state index contributed by atoms with van der Waals surface area (Å²) in [4.78, 5) is 31.6. The van der Waals surface area contributed by atoms with E-state index in [2.05, 4.69) is 37.3 Å². The Balaban J connectivity index is 1.40. The third-order valence-corrected chi connectivity index (χ3v) is 5.32. The zero-order valence-corrected chi connectivity index (χ0v) is 19.2. The molecular formula is C23H33N7O2.